The molecule has 1 aliphatic heterocycles. The number of carbonyl (C=O) groups excluding carboxylic acids is 2. The fourth-order valence-electron chi connectivity index (χ4n) is 1.41. The molecule has 0 radical (unpaired) electrons. The molecule has 84 valence electrons. The summed E-state index contributed by atoms with van der Waals surface area (Å²) in [6, 6.07) is -0.361. The van der Waals surface area contributed by atoms with Crippen LogP contribution in [0.3, 0.4) is 0 Å². The van der Waals surface area contributed by atoms with Gasteiger partial charge >= 0.3 is 6.03 Å². The molecule has 1 unspecified atom stereocenters. The van der Waals surface area contributed by atoms with E-state index >= 15 is 0 Å². The predicted octanol–water partition coefficient (Wildman–Crippen LogP) is 0.383. The van der Waals surface area contributed by atoms with Crippen LogP contribution in [0.4, 0.5) is 4.79 Å². The number of thiocarbonyl (C=S) groups is 1. The molecule has 3 N–H and O–H groups in total. The zero-order valence-corrected chi connectivity index (χ0v) is 9.69. The van der Waals surface area contributed by atoms with Crippen LogP contribution in [-0.2, 0) is 4.79 Å². The number of amides is 3. The summed E-state index contributed by atoms with van der Waals surface area (Å²) in [6.07, 6.45) is 0.940. The monoisotopic (exact) mass is 229 g/mol. The van der Waals surface area contributed by atoms with E-state index in [1.165, 1.54) is 4.90 Å². The van der Waals surface area contributed by atoms with Gasteiger partial charge in [0.15, 0.2) is 0 Å². The summed E-state index contributed by atoms with van der Waals surface area (Å²) in [5.74, 6) is -0.203. The molecular formula is C9H15N3O2S. The van der Waals surface area contributed by atoms with Gasteiger partial charge in [-0.3, -0.25) is 9.69 Å². The fourth-order valence-corrected chi connectivity index (χ4v) is 1.50. The van der Waals surface area contributed by atoms with Gasteiger partial charge in [-0.1, -0.05) is 19.1 Å². The molecule has 0 aromatic rings. The van der Waals surface area contributed by atoms with Crippen molar-refractivity contribution in [3.05, 3.63) is 0 Å². The van der Waals surface area contributed by atoms with Crippen LogP contribution in [0.25, 0.3) is 0 Å². The van der Waals surface area contributed by atoms with Gasteiger partial charge in [0.05, 0.1) is 4.99 Å². The third-order valence-corrected chi connectivity index (χ3v) is 2.84. The van der Waals surface area contributed by atoms with Gasteiger partial charge in [0.2, 0.25) is 0 Å². The van der Waals surface area contributed by atoms with Crippen LogP contribution < -0.4 is 11.1 Å². The maximum Gasteiger partial charge on any atom is 0.325 e. The van der Waals surface area contributed by atoms with Crippen molar-refractivity contribution in [2.24, 2.45) is 5.73 Å². The van der Waals surface area contributed by atoms with E-state index in [0.29, 0.717) is 17.8 Å². The van der Waals surface area contributed by atoms with Crippen LogP contribution in [0.15, 0.2) is 0 Å². The topological polar surface area (TPSA) is 75.4 Å². The van der Waals surface area contributed by atoms with Crippen molar-refractivity contribution in [1.29, 1.82) is 0 Å². The van der Waals surface area contributed by atoms with Gasteiger partial charge in [0.1, 0.15) is 5.54 Å². The molecule has 1 aliphatic rings. The summed E-state index contributed by atoms with van der Waals surface area (Å²) in [5, 5.41) is 2.66. The summed E-state index contributed by atoms with van der Waals surface area (Å²) in [4.78, 5) is 24.8. The van der Waals surface area contributed by atoms with E-state index in [4.69, 9.17) is 18.0 Å². The minimum atomic E-state index is -0.771. The van der Waals surface area contributed by atoms with E-state index in [1.807, 2.05) is 6.92 Å². The minimum Gasteiger partial charge on any atom is -0.393 e. The van der Waals surface area contributed by atoms with Crippen LogP contribution in [0.2, 0.25) is 0 Å². The molecule has 0 bridgehead atoms. The van der Waals surface area contributed by atoms with Gasteiger partial charge in [-0.05, 0) is 13.3 Å². The lowest BCUT2D eigenvalue weighted by Crippen LogP contribution is -2.43. The third kappa shape index (κ3) is 2.26. The zero-order valence-electron chi connectivity index (χ0n) is 8.87. The number of nitrogens with zero attached hydrogens (tertiary/aromatic N) is 1. The van der Waals surface area contributed by atoms with Crippen molar-refractivity contribution >= 4 is 29.1 Å². The SMILES string of the molecule is CCC1(C)NC(=O)N(CCC(N)=S)C1=O. The average molecular weight is 229 g/mol. The second kappa shape index (κ2) is 4.14. The number of hydrogen-bond donors (Lipinski definition) is 2. The Morgan fingerprint density at radius 3 is 2.60 bits per heavy atom. The second-order valence-corrected chi connectivity index (χ2v) is 4.31. The lowest BCUT2D eigenvalue weighted by Gasteiger charge is -2.19. The highest BCUT2D eigenvalue weighted by molar-refractivity contribution is 7.80. The summed E-state index contributed by atoms with van der Waals surface area (Å²) in [6.45, 7) is 3.83. The van der Waals surface area contributed by atoms with Crippen molar-refractivity contribution < 1.29 is 9.59 Å². The quantitative estimate of drug-likeness (QED) is 0.540. The Kier molecular flexibility index (Phi) is 3.28. The first kappa shape index (κ1) is 11.9. The number of nitrogens with one attached hydrogen (secondary N) is 1. The highest BCUT2D eigenvalue weighted by Gasteiger charge is 2.45. The Morgan fingerprint density at radius 2 is 2.20 bits per heavy atom. The molecule has 0 aliphatic carbocycles. The average Bonchev–Trinajstić information content (AvgIpc) is 2.37. The molecule has 1 heterocycles. The van der Waals surface area contributed by atoms with Crippen LogP contribution in [0, 0.1) is 0 Å². The first-order chi connectivity index (χ1) is 6.90. The second-order valence-electron chi connectivity index (χ2n) is 3.79. The van der Waals surface area contributed by atoms with Gasteiger partial charge < -0.3 is 11.1 Å². The number of nitrogens with two attached hydrogens (primary N) is 1. The van der Waals surface area contributed by atoms with Gasteiger partial charge in [-0.25, -0.2) is 4.79 Å². The smallest absolute Gasteiger partial charge is 0.325 e. The molecule has 0 spiro atoms. The van der Waals surface area contributed by atoms with Crippen molar-refractivity contribution in [2.75, 3.05) is 6.54 Å². The van der Waals surface area contributed by atoms with Crippen LogP contribution in [0.1, 0.15) is 26.7 Å². The first-order valence-corrected chi connectivity index (χ1v) is 5.24. The standard InChI is InChI=1S/C9H15N3O2S/c1-3-9(2)7(13)12(8(14)11-9)5-4-6(10)15/h3-5H2,1-2H3,(H2,10,15)(H,11,14). The predicted molar refractivity (Wildman–Crippen MR) is 60.3 cm³/mol. The molecule has 6 heteroatoms. The Balaban J connectivity index is 2.71. The normalized spacial score (nSPS) is 25.6. The Morgan fingerprint density at radius 1 is 1.60 bits per heavy atom. The lowest BCUT2D eigenvalue weighted by atomic mass is 9.99. The molecule has 1 rings (SSSR count). The van der Waals surface area contributed by atoms with Crippen molar-refractivity contribution in [3.8, 4) is 0 Å². The number of urea groups is 1. The maximum atomic E-state index is 11.8. The van der Waals surface area contributed by atoms with E-state index in [-0.39, 0.29) is 18.5 Å². The molecule has 1 atom stereocenters. The van der Waals surface area contributed by atoms with E-state index in [0.717, 1.165) is 0 Å². The Hall–Kier alpha value is -1.17. The van der Waals surface area contributed by atoms with E-state index in [2.05, 4.69) is 5.32 Å². The molecule has 0 aromatic heterocycles. The highest BCUT2D eigenvalue weighted by atomic mass is 32.1. The Labute approximate surface area is 94.0 Å². The number of rotatable bonds is 4. The lowest BCUT2D eigenvalue weighted by molar-refractivity contribution is -0.130. The molecule has 5 nitrogen and oxygen atoms in total. The molecule has 3 amide bonds. The number of carbonyl (C=O) groups is 2. The third-order valence-electron chi connectivity index (χ3n) is 2.63. The van der Waals surface area contributed by atoms with Gasteiger partial charge in [0.25, 0.3) is 5.91 Å². The maximum absolute atomic E-state index is 11.8. The van der Waals surface area contributed by atoms with Crippen LogP contribution in [0.5, 0.6) is 0 Å². The molecule has 1 saturated heterocycles. The highest BCUT2D eigenvalue weighted by Crippen LogP contribution is 2.20. The fraction of sp³-hybridized carbons (Fsp3) is 0.667. The van der Waals surface area contributed by atoms with E-state index < -0.39 is 5.54 Å². The molecular weight excluding hydrogens is 214 g/mol. The minimum absolute atomic E-state index is 0.203. The Bertz CT molecular complexity index is 318. The summed E-state index contributed by atoms with van der Waals surface area (Å²) < 4.78 is 0. The molecule has 1 fully saturated rings. The van der Waals surface area contributed by atoms with Gasteiger partial charge in [0, 0.05) is 13.0 Å². The van der Waals surface area contributed by atoms with Gasteiger partial charge in [-0.15, -0.1) is 0 Å². The first-order valence-electron chi connectivity index (χ1n) is 4.83. The van der Waals surface area contributed by atoms with Crippen molar-refractivity contribution in [1.82, 2.24) is 10.2 Å². The molecule has 15 heavy (non-hydrogen) atoms. The zero-order chi connectivity index (χ0) is 11.6. The van der Waals surface area contributed by atoms with Gasteiger partial charge in [-0.2, -0.15) is 0 Å². The molecule has 0 aromatic carbocycles. The summed E-state index contributed by atoms with van der Waals surface area (Å²) >= 11 is 4.70. The number of imide groups is 1. The van der Waals surface area contributed by atoms with Crippen molar-refractivity contribution in [2.45, 2.75) is 32.2 Å². The van der Waals surface area contributed by atoms with Crippen LogP contribution in [-0.4, -0.2) is 33.9 Å². The van der Waals surface area contributed by atoms with E-state index in [9.17, 15) is 9.59 Å². The summed E-state index contributed by atoms with van der Waals surface area (Å²) in [5.41, 5.74) is 4.55. The summed E-state index contributed by atoms with van der Waals surface area (Å²) in [7, 11) is 0. The molecule has 0 saturated carbocycles. The largest absolute Gasteiger partial charge is 0.393 e. The van der Waals surface area contributed by atoms with Crippen LogP contribution >= 0.6 is 12.2 Å². The van der Waals surface area contributed by atoms with Crippen molar-refractivity contribution in [3.63, 3.8) is 0 Å². The van der Waals surface area contributed by atoms with E-state index in [1.54, 1.807) is 6.92 Å². The number of hydrogen-bond acceptors (Lipinski definition) is 3.